The summed E-state index contributed by atoms with van der Waals surface area (Å²) >= 11 is 0. The molecule has 1 atom stereocenters. The molecule has 0 N–H and O–H groups in total. The molecule has 0 saturated heterocycles. The van der Waals surface area contributed by atoms with Gasteiger partial charge in [0.05, 0.1) is 22.5 Å². The first kappa shape index (κ1) is 15.1. The van der Waals surface area contributed by atoms with Gasteiger partial charge in [-0.3, -0.25) is 0 Å². The number of aryl methyl sites for hydroxylation is 1. The molecule has 3 nitrogen and oxygen atoms in total. The number of fused-ring (bicyclic) bond motifs is 1. The molecule has 0 spiro atoms. The molecule has 108 valence electrons. The van der Waals surface area contributed by atoms with Crippen molar-refractivity contribution in [2.24, 2.45) is 0 Å². The van der Waals surface area contributed by atoms with E-state index in [0.717, 1.165) is 24.8 Å². The molecule has 1 aromatic carbocycles. The SMILES string of the molecule is CC(C)S(=O)(=O)CCC1(C#N)CCCc2ccccc21. The molecular weight excluding hydrogens is 270 g/mol. The first-order chi connectivity index (χ1) is 9.41. The Kier molecular flexibility index (Phi) is 4.19. The minimum absolute atomic E-state index is 0.0898. The zero-order chi connectivity index (χ0) is 14.8. The Morgan fingerprint density at radius 1 is 1.35 bits per heavy atom. The van der Waals surface area contributed by atoms with Crippen molar-refractivity contribution in [2.75, 3.05) is 5.75 Å². The van der Waals surface area contributed by atoms with Gasteiger partial charge in [-0.15, -0.1) is 0 Å². The van der Waals surface area contributed by atoms with E-state index in [1.807, 2.05) is 18.2 Å². The van der Waals surface area contributed by atoms with E-state index in [9.17, 15) is 13.7 Å². The van der Waals surface area contributed by atoms with Gasteiger partial charge in [0.1, 0.15) is 0 Å². The van der Waals surface area contributed by atoms with Crippen molar-refractivity contribution in [3.05, 3.63) is 35.4 Å². The molecule has 0 saturated carbocycles. The number of rotatable bonds is 4. The summed E-state index contributed by atoms with van der Waals surface area (Å²) in [6, 6.07) is 10.4. The molecular formula is C16H21NO2S. The second-order valence-electron chi connectivity index (χ2n) is 5.87. The van der Waals surface area contributed by atoms with E-state index in [1.54, 1.807) is 13.8 Å². The molecule has 1 unspecified atom stereocenters. The van der Waals surface area contributed by atoms with Crippen LogP contribution in [0.2, 0.25) is 0 Å². The third kappa shape index (κ3) is 2.73. The van der Waals surface area contributed by atoms with Gasteiger partial charge in [0.2, 0.25) is 0 Å². The molecule has 0 heterocycles. The molecule has 0 radical (unpaired) electrons. The van der Waals surface area contributed by atoms with Crippen LogP contribution in [-0.4, -0.2) is 19.4 Å². The summed E-state index contributed by atoms with van der Waals surface area (Å²) in [4.78, 5) is 0. The molecule has 0 aromatic heterocycles. The second kappa shape index (κ2) is 5.57. The minimum Gasteiger partial charge on any atom is -0.229 e. The molecule has 0 amide bonds. The van der Waals surface area contributed by atoms with Gasteiger partial charge in [0.25, 0.3) is 0 Å². The van der Waals surface area contributed by atoms with Gasteiger partial charge in [-0.25, -0.2) is 8.42 Å². The van der Waals surface area contributed by atoms with Gasteiger partial charge in [-0.05, 0) is 50.7 Å². The van der Waals surface area contributed by atoms with Crippen LogP contribution in [0.25, 0.3) is 0 Å². The van der Waals surface area contributed by atoms with E-state index in [2.05, 4.69) is 12.1 Å². The van der Waals surface area contributed by atoms with Gasteiger partial charge < -0.3 is 0 Å². The van der Waals surface area contributed by atoms with Crippen molar-refractivity contribution in [2.45, 2.75) is 50.2 Å². The van der Waals surface area contributed by atoms with Crippen LogP contribution in [0.1, 0.15) is 44.2 Å². The second-order valence-corrected chi connectivity index (χ2v) is 8.55. The van der Waals surface area contributed by atoms with Gasteiger partial charge in [-0.1, -0.05) is 24.3 Å². The third-order valence-corrected chi connectivity index (χ3v) is 6.54. The van der Waals surface area contributed by atoms with Crippen LogP contribution in [0, 0.1) is 11.3 Å². The van der Waals surface area contributed by atoms with Crippen LogP contribution in [0.5, 0.6) is 0 Å². The number of nitrogens with zero attached hydrogens (tertiary/aromatic N) is 1. The summed E-state index contributed by atoms with van der Waals surface area (Å²) in [5.41, 5.74) is 1.60. The van der Waals surface area contributed by atoms with Crippen molar-refractivity contribution in [1.82, 2.24) is 0 Å². The highest BCUT2D eigenvalue weighted by Crippen LogP contribution is 2.40. The number of nitriles is 1. The number of hydrogen-bond donors (Lipinski definition) is 0. The number of sulfone groups is 1. The van der Waals surface area contributed by atoms with E-state index in [0.29, 0.717) is 6.42 Å². The van der Waals surface area contributed by atoms with Crippen molar-refractivity contribution in [3.8, 4) is 6.07 Å². The Hall–Kier alpha value is -1.34. The maximum Gasteiger partial charge on any atom is 0.152 e. The fourth-order valence-electron chi connectivity index (χ4n) is 2.90. The van der Waals surface area contributed by atoms with Crippen molar-refractivity contribution in [1.29, 1.82) is 5.26 Å². The standard InChI is InChI=1S/C16H21NO2S/c1-13(2)20(18,19)11-10-16(12-17)9-5-7-14-6-3-4-8-15(14)16/h3-4,6,8,13H,5,7,9-11H2,1-2H3. The average molecular weight is 291 g/mol. The zero-order valence-electron chi connectivity index (χ0n) is 12.1. The van der Waals surface area contributed by atoms with Crippen LogP contribution in [0.3, 0.4) is 0 Å². The smallest absolute Gasteiger partial charge is 0.152 e. The molecule has 1 aromatic rings. The quantitative estimate of drug-likeness (QED) is 0.857. The summed E-state index contributed by atoms with van der Waals surface area (Å²) in [5, 5.41) is 9.30. The highest BCUT2D eigenvalue weighted by atomic mass is 32.2. The largest absolute Gasteiger partial charge is 0.229 e. The third-order valence-electron chi connectivity index (χ3n) is 4.33. The van der Waals surface area contributed by atoms with Crippen molar-refractivity contribution >= 4 is 9.84 Å². The van der Waals surface area contributed by atoms with Gasteiger partial charge in [0.15, 0.2) is 9.84 Å². The number of hydrogen-bond acceptors (Lipinski definition) is 3. The average Bonchev–Trinajstić information content (AvgIpc) is 2.45. The normalized spacial score (nSPS) is 22.3. The van der Waals surface area contributed by atoms with E-state index >= 15 is 0 Å². The molecule has 20 heavy (non-hydrogen) atoms. The van der Waals surface area contributed by atoms with E-state index < -0.39 is 15.3 Å². The first-order valence-electron chi connectivity index (χ1n) is 7.12. The van der Waals surface area contributed by atoms with Crippen LogP contribution >= 0.6 is 0 Å². The zero-order valence-corrected chi connectivity index (χ0v) is 12.9. The molecule has 0 bridgehead atoms. The maximum absolute atomic E-state index is 12.0. The predicted octanol–water partition coefficient (Wildman–Crippen LogP) is 3.00. The fourth-order valence-corrected chi connectivity index (χ4v) is 4.01. The lowest BCUT2D eigenvalue weighted by atomic mass is 9.69. The molecule has 1 aliphatic carbocycles. The van der Waals surface area contributed by atoms with Crippen LogP contribution in [0.4, 0.5) is 0 Å². The summed E-state index contributed by atoms with van der Waals surface area (Å²) < 4.78 is 24.1. The van der Waals surface area contributed by atoms with Crippen molar-refractivity contribution in [3.63, 3.8) is 0 Å². The van der Waals surface area contributed by atoms with E-state index in [1.165, 1.54) is 5.56 Å². The van der Waals surface area contributed by atoms with Gasteiger partial charge in [-0.2, -0.15) is 5.26 Å². The van der Waals surface area contributed by atoms with Crippen LogP contribution in [-0.2, 0) is 21.7 Å². The topological polar surface area (TPSA) is 57.9 Å². The Morgan fingerprint density at radius 2 is 2.05 bits per heavy atom. The van der Waals surface area contributed by atoms with E-state index in [4.69, 9.17) is 0 Å². The van der Waals surface area contributed by atoms with E-state index in [-0.39, 0.29) is 11.0 Å². The molecule has 0 aliphatic heterocycles. The Labute approximate surface area is 121 Å². The summed E-state index contributed by atoms with van der Waals surface area (Å²) in [6.45, 7) is 3.40. The first-order valence-corrected chi connectivity index (χ1v) is 8.84. The Bertz CT molecular complexity index is 628. The van der Waals surface area contributed by atoms with Crippen molar-refractivity contribution < 1.29 is 8.42 Å². The predicted molar refractivity (Wildman–Crippen MR) is 80.2 cm³/mol. The minimum atomic E-state index is -3.10. The molecule has 4 heteroatoms. The van der Waals surface area contributed by atoms with Gasteiger partial charge >= 0.3 is 0 Å². The molecule has 1 aliphatic rings. The fraction of sp³-hybridized carbons (Fsp3) is 0.562. The number of benzene rings is 1. The Morgan fingerprint density at radius 3 is 2.70 bits per heavy atom. The lowest BCUT2D eigenvalue weighted by Gasteiger charge is -2.33. The summed E-state index contributed by atoms with van der Waals surface area (Å²) in [7, 11) is -3.10. The van der Waals surface area contributed by atoms with Gasteiger partial charge in [0, 0.05) is 0 Å². The van der Waals surface area contributed by atoms with Crippen LogP contribution < -0.4 is 0 Å². The molecule has 0 fully saturated rings. The summed E-state index contributed by atoms with van der Waals surface area (Å²) in [5.74, 6) is 0.0898. The van der Waals surface area contributed by atoms with Crippen LogP contribution in [0.15, 0.2) is 24.3 Å². The summed E-state index contributed by atoms with van der Waals surface area (Å²) in [6.07, 6.45) is 3.10. The highest BCUT2D eigenvalue weighted by Gasteiger charge is 2.37. The Balaban J connectivity index is 2.31. The monoisotopic (exact) mass is 291 g/mol. The molecule has 2 rings (SSSR count). The maximum atomic E-state index is 12.0. The lowest BCUT2D eigenvalue weighted by molar-refractivity contribution is 0.438. The highest BCUT2D eigenvalue weighted by molar-refractivity contribution is 7.91. The lowest BCUT2D eigenvalue weighted by Crippen LogP contribution is -2.33.